The number of halogens is 1. The normalized spacial score (nSPS) is 14.6. The summed E-state index contributed by atoms with van der Waals surface area (Å²) in [6, 6.07) is 31.0. The number of hydrogen-bond donors (Lipinski definition) is 1. The second-order valence-electron chi connectivity index (χ2n) is 8.74. The monoisotopic (exact) mass is 468 g/mol. The smallest absolute Gasteiger partial charge is 0.0991 e. The molecule has 0 fully saturated rings. The van der Waals surface area contributed by atoms with Crippen LogP contribution in [0, 0.1) is 11.3 Å². The van der Waals surface area contributed by atoms with Crippen molar-refractivity contribution in [2.45, 2.75) is 44.3 Å². The van der Waals surface area contributed by atoms with Gasteiger partial charge in [-0.1, -0.05) is 66.2 Å². The van der Waals surface area contributed by atoms with Crippen LogP contribution in [0.5, 0.6) is 0 Å². The molecule has 4 aromatic rings. The highest BCUT2D eigenvalue weighted by Crippen LogP contribution is 2.31. The molecule has 0 aliphatic heterocycles. The summed E-state index contributed by atoms with van der Waals surface area (Å²) < 4.78 is 2.00. The van der Waals surface area contributed by atoms with Crippen LogP contribution in [0.2, 0.25) is 5.02 Å². The zero-order chi connectivity index (χ0) is 23.9. The first-order valence-corrected chi connectivity index (χ1v) is 12.0. The van der Waals surface area contributed by atoms with Crippen LogP contribution in [0.1, 0.15) is 54.1 Å². The zero-order valence-corrected chi connectivity index (χ0v) is 20.2. The summed E-state index contributed by atoms with van der Waals surface area (Å²) in [4.78, 5) is 0. The number of nitriles is 1. The van der Waals surface area contributed by atoms with Gasteiger partial charge in [0.2, 0.25) is 0 Å². The van der Waals surface area contributed by atoms with Gasteiger partial charge in [-0.3, -0.25) is 4.68 Å². The lowest BCUT2D eigenvalue weighted by molar-refractivity contribution is 0.307. The van der Waals surface area contributed by atoms with Gasteiger partial charge in [0, 0.05) is 29.4 Å². The highest BCUT2D eigenvalue weighted by Gasteiger charge is 2.27. The van der Waals surface area contributed by atoms with E-state index in [0.29, 0.717) is 5.56 Å². The number of benzene rings is 3. The third kappa shape index (κ3) is 5.75. The standard InChI is InChI=1S/C29H29ClN4/c1-21(33-29(25-9-4-3-5-10-25)22(2)34-17-7-16-32-34)28(19-23-12-14-27(30)15-13-23)26-11-6-8-24(18-26)20-31/h3-18,21-22,28-29,33H,19H2,1-2H3. The van der Waals surface area contributed by atoms with Crippen LogP contribution in [0.15, 0.2) is 97.3 Å². The van der Waals surface area contributed by atoms with Crippen LogP contribution in [-0.2, 0) is 6.42 Å². The van der Waals surface area contributed by atoms with E-state index < -0.39 is 0 Å². The predicted molar refractivity (Wildman–Crippen MR) is 138 cm³/mol. The van der Waals surface area contributed by atoms with Crippen LogP contribution >= 0.6 is 11.6 Å². The molecule has 3 aromatic carbocycles. The SMILES string of the molecule is CC(NC(c1ccccc1)C(C)n1cccn1)C(Cc1ccc(Cl)cc1)c1cccc(C#N)c1. The predicted octanol–water partition coefficient (Wildman–Crippen LogP) is 6.72. The van der Waals surface area contributed by atoms with E-state index in [9.17, 15) is 5.26 Å². The first-order valence-electron chi connectivity index (χ1n) is 11.6. The minimum absolute atomic E-state index is 0.0583. The van der Waals surface area contributed by atoms with E-state index in [1.54, 1.807) is 0 Å². The minimum atomic E-state index is 0.0583. The van der Waals surface area contributed by atoms with Crippen molar-refractivity contribution >= 4 is 11.6 Å². The molecule has 0 saturated heterocycles. The Morgan fingerprint density at radius 2 is 1.68 bits per heavy atom. The van der Waals surface area contributed by atoms with Crippen molar-refractivity contribution in [2.75, 3.05) is 0 Å². The van der Waals surface area contributed by atoms with Gasteiger partial charge < -0.3 is 5.32 Å². The van der Waals surface area contributed by atoms with Crippen molar-refractivity contribution in [2.24, 2.45) is 0 Å². The van der Waals surface area contributed by atoms with E-state index in [2.05, 4.69) is 72.8 Å². The molecule has 5 heteroatoms. The number of nitrogens with zero attached hydrogens (tertiary/aromatic N) is 3. The van der Waals surface area contributed by atoms with Crippen molar-refractivity contribution < 1.29 is 0 Å². The average molecular weight is 469 g/mol. The number of hydrogen-bond acceptors (Lipinski definition) is 3. The summed E-state index contributed by atoms with van der Waals surface area (Å²) in [5.74, 6) is 0.158. The first-order chi connectivity index (χ1) is 16.5. The Bertz CT molecular complexity index is 1210. The van der Waals surface area contributed by atoms with E-state index in [1.165, 1.54) is 11.1 Å². The Hall–Kier alpha value is -3.39. The Labute approximate surface area is 206 Å². The molecule has 0 radical (unpaired) electrons. The largest absolute Gasteiger partial charge is 0.305 e. The topological polar surface area (TPSA) is 53.6 Å². The molecular formula is C29H29ClN4. The first kappa shape index (κ1) is 23.8. The molecule has 0 amide bonds. The van der Waals surface area contributed by atoms with Crippen LogP contribution in [0.3, 0.4) is 0 Å². The van der Waals surface area contributed by atoms with Gasteiger partial charge in [0.1, 0.15) is 0 Å². The average Bonchev–Trinajstić information content (AvgIpc) is 3.42. The van der Waals surface area contributed by atoms with Gasteiger partial charge in [0.05, 0.1) is 23.7 Å². The Morgan fingerprint density at radius 1 is 0.941 bits per heavy atom. The molecule has 1 aromatic heterocycles. The zero-order valence-electron chi connectivity index (χ0n) is 19.5. The molecule has 4 atom stereocenters. The fourth-order valence-corrected chi connectivity index (χ4v) is 4.67. The molecular weight excluding hydrogens is 440 g/mol. The maximum Gasteiger partial charge on any atom is 0.0991 e. The van der Waals surface area contributed by atoms with Crippen LogP contribution < -0.4 is 5.32 Å². The summed E-state index contributed by atoms with van der Waals surface area (Å²) in [6.07, 6.45) is 4.66. The molecule has 172 valence electrons. The van der Waals surface area contributed by atoms with Crippen LogP contribution in [-0.4, -0.2) is 15.8 Å². The lowest BCUT2D eigenvalue weighted by Gasteiger charge is -2.33. The molecule has 1 heterocycles. The fourth-order valence-electron chi connectivity index (χ4n) is 4.54. The van der Waals surface area contributed by atoms with Crippen molar-refractivity contribution in [3.63, 3.8) is 0 Å². The van der Waals surface area contributed by atoms with E-state index in [4.69, 9.17) is 11.6 Å². The molecule has 0 aliphatic carbocycles. The van der Waals surface area contributed by atoms with Crippen LogP contribution in [0.25, 0.3) is 0 Å². The Kier molecular flexibility index (Phi) is 7.80. The van der Waals surface area contributed by atoms with Gasteiger partial charge >= 0.3 is 0 Å². The summed E-state index contributed by atoms with van der Waals surface area (Å²) in [5.41, 5.74) is 4.25. The molecule has 0 spiro atoms. The second kappa shape index (κ2) is 11.2. The van der Waals surface area contributed by atoms with Crippen LogP contribution in [0.4, 0.5) is 0 Å². The summed E-state index contributed by atoms with van der Waals surface area (Å²) >= 11 is 6.13. The van der Waals surface area contributed by atoms with Crippen molar-refractivity contribution in [1.29, 1.82) is 5.26 Å². The third-order valence-corrected chi connectivity index (χ3v) is 6.69. The highest BCUT2D eigenvalue weighted by molar-refractivity contribution is 6.30. The Balaban J connectivity index is 1.67. The fraction of sp³-hybridized carbons (Fsp3) is 0.241. The van der Waals surface area contributed by atoms with E-state index in [0.717, 1.165) is 17.0 Å². The van der Waals surface area contributed by atoms with Gasteiger partial charge in [0.15, 0.2) is 0 Å². The van der Waals surface area contributed by atoms with E-state index in [1.807, 2.05) is 59.5 Å². The molecule has 4 unspecified atom stereocenters. The lowest BCUT2D eigenvalue weighted by Crippen LogP contribution is -2.39. The quantitative estimate of drug-likeness (QED) is 0.297. The molecule has 0 aliphatic rings. The second-order valence-corrected chi connectivity index (χ2v) is 9.18. The van der Waals surface area contributed by atoms with Gasteiger partial charge in [-0.25, -0.2) is 0 Å². The van der Waals surface area contributed by atoms with Gasteiger partial charge in [-0.2, -0.15) is 10.4 Å². The highest BCUT2D eigenvalue weighted by atomic mass is 35.5. The number of rotatable bonds is 9. The van der Waals surface area contributed by atoms with Gasteiger partial charge in [0.25, 0.3) is 0 Å². The minimum Gasteiger partial charge on any atom is -0.305 e. The summed E-state index contributed by atoms with van der Waals surface area (Å²) in [7, 11) is 0. The number of aromatic nitrogens is 2. The number of nitrogens with one attached hydrogen (secondary N) is 1. The van der Waals surface area contributed by atoms with Gasteiger partial charge in [-0.05, 0) is 67.3 Å². The molecule has 1 N–H and O–H groups in total. The molecule has 0 bridgehead atoms. The molecule has 4 nitrogen and oxygen atoms in total. The van der Waals surface area contributed by atoms with E-state index in [-0.39, 0.29) is 24.0 Å². The maximum absolute atomic E-state index is 9.49. The van der Waals surface area contributed by atoms with Crippen molar-refractivity contribution in [3.8, 4) is 6.07 Å². The third-order valence-electron chi connectivity index (χ3n) is 6.44. The van der Waals surface area contributed by atoms with Crippen molar-refractivity contribution in [1.82, 2.24) is 15.1 Å². The lowest BCUT2D eigenvalue weighted by atomic mass is 9.85. The maximum atomic E-state index is 9.49. The van der Waals surface area contributed by atoms with Crippen molar-refractivity contribution in [3.05, 3.63) is 125 Å². The molecule has 34 heavy (non-hydrogen) atoms. The summed E-state index contributed by atoms with van der Waals surface area (Å²) in [5, 5.41) is 18.6. The Morgan fingerprint density at radius 3 is 2.35 bits per heavy atom. The molecule has 4 rings (SSSR count). The van der Waals surface area contributed by atoms with E-state index >= 15 is 0 Å². The summed E-state index contributed by atoms with van der Waals surface area (Å²) in [6.45, 7) is 4.42. The van der Waals surface area contributed by atoms with Gasteiger partial charge in [-0.15, -0.1) is 0 Å². The molecule has 0 saturated carbocycles.